The highest BCUT2D eigenvalue weighted by molar-refractivity contribution is 5.43. The molecule has 0 amide bonds. The van der Waals surface area contributed by atoms with E-state index in [1.54, 1.807) is 0 Å². The molecule has 0 radical (unpaired) electrons. The zero-order valence-corrected chi connectivity index (χ0v) is 10.8. The van der Waals surface area contributed by atoms with Crippen LogP contribution in [0.4, 0.5) is 0 Å². The fourth-order valence-corrected chi connectivity index (χ4v) is 2.83. The maximum absolute atomic E-state index is 9.75. The molecule has 1 aliphatic heterocycles. The summed E-state index contributed by atoms with van der Waals surface area (Å²) in [5.74, 6) is 0. The van der Waals surface area contributed by atoms with Crippen LogP contribution in [0.15, 0.2) is 22.8 Å². The lowest BCUT2D eigenvalue weighted by Gasteiger charge is -2.34. The van der Waals surface area contributed by atoms with E-state index >= 15 is 0 Å². The molecule has 3 nitrogen and oxygen atoms in total. The average molecular weight is 237 g/mol. The van der Waals surface area contributed by atoms with E-state index in [9.17, 15) is 5.11 Å². The highest BCUT2D eigenvalue weighted by atomic mass is 16.6. The predicted molar refractivity (Wildman–Crippen MR) is 68.7 cm³/mol. The lowest BCUT2D eigenvalue weighted by molar-refractivity contribution is -0.102. The van der Waals surface area contributed by atoms with Crippen molar-refractivity contribution in [2.24, 2.45) is 0 Å². The van der Waals surface area contributed by atoms with Gasteiger partial charge >= 0.3 is 0 Å². The molecule has 2 N–H and O–H groups in total. The summed E-state index contributed by atoms with van der Waals surface area (Å²) < 4.78 is 5.22. The molecule has 1 aliphatic carbocycles. The van der Waals surface area contributed by atoms with Gasteiger partial charge < -0.3 is 15.2 Å². The van der Waals surface area contributed by atoms with Gasteiger partial charge in [0, 0.05) is 19.1 Å². The molecule has 2 aliphatic rings. The van der Waals surface area contributed by atoms with Crippen molar-refractivity contribution in [3.63, 3.8) is 0 Å². The highest BCUT2D eigenvalue weighted by Crippen LogP contribution is 2.33. The van der Waals surface area contributed by atoms with Gasteiger partial charge in [-0.2, -0.15) is 0 Å². The number of fused-ring (bicyclic) bond motifs is 1. The molecule has 96 valence electrons. The first-order valence-electron chi connectivity index (χ1n) is 6.64. The van der Waals surface area contributed by atoms with Gasteiger partial charge in [-0.1, -0.05) is 11.6 Å². The van der Waals surface area contributed by atoms with Crippen LogP contribution >= 0.6 is 0 Å². The van der Waals surface area contributed by atoms with E-state index in [1.165, 1.54) is 23.1 Å². The number of hydrogen-bond acceptors (Lipinski definition) is 3. The molecule has 0 bridgehead atoms. The van der Waals surface area contributed by atoms with Crippen LogP contribution in [0.3, 0.4) is 0 Å². The molecular formula is C14H23NO2. The van der Waals surface area contributed by atoms with E-state index in [4.69, 9.17) is 4.74 Å². The fourth-order valence-electron chi connectivity index (χ4n) is 2.83. The van der Waals surface area contributed by atoms with Crippen LogP contribution in [0.25, 0.3) is 0 Å². The molecule has 0 aromatic heterocycles. The van der Waals surface area contributed by atoms with E-state index in [1.807, 2.05) is 6.92 Å². The van der Waals surface area contributed by atoms with Crippen molar-refractivity contribution in [1.29, 1.82) is 0 Å². The van der Waals surface area contributed by atoms with Crippen molar-refractivity contribution in [2.45, 2.75) is 51.9 Å². The van der Waals surface area contributed by atoms with Gasteiger partial charge in [0.05, 0.1) is 0 Å². The normalized spacial score (nSPS) is 26.5. The fraction of sp³-hybridized carbons (Fsp3) is 0.714. The average Bonchev–Trinajstić information content (AvgIpc) is 2.31. The molecule has 2 unspecified atom stereocenters. The Labute approximate surface area is 104 Å². The summed E-state index contributed by atoms with van der Waals surface area (Å²) in [4.78, 5) is 0. The zero-order chi connectivity index (χ0) is 12.3. The lowest BCUT2D eigenvalue weighted by atomic mass is 9.82. The first-order valence-corrected chi connectivity index (χ1v) is 6.64. The predicted octanol–water partition coefficient (Wildman–Crippen LogP) is 2.13. The molecule has 2 atom stereocenters. The quantitative estimate of drug-likeness (QED) is 0.736. The second kappa shape index (κ2) is 5.80. The number of aliphatic hydroxyl groups excluding tert-OH is 1. The summed E-state index contributed by atoms with van der Waals surface area (Å²) in [5, 5.41) is 13.2. The topological polar surface area (TPSA) is 41.5 Å². The Balaban J connectivity index is 2.05. The summed E-state index contributed by atoms with van der Waals surface area (Å²) >= 11 is 0. The van der Waals surface area contributed by atoms with Crippen molar-refractivity contribution in [2.75, 3.05) is 13.2 Å². The summed E-state index contributed by atoms with van der Waals surface area (Å²) in [6, 6.07) is 0.260. The molecule has 1 fully saturated rings. The first-order chi connectivity index (χ1) is 8.22. The Hall–Kier alpha value is -0.640. The second-order valence-corrected chi connectivity index (χ2v) is 4.86. The van der Waals surface area contributed by atoms with Gasteiger partial charge in [-0.05, 0) is 50.8 Å². The minimum atomic E-state index is -0.653. The van der Waals surface area contributed by atoms with Crippen LogP contribution < -0.4 is 5.32 Å². The Bertz CT molecular complexity index is 333. The maximum Gasteiger partial charge on any atom is 0.156 e. The molecule has 1 heterocycles. The summed E-state index contributed by atoms with van der Waals surface area (Å²) in [7, 11) is 0. The number of aliphatic hydroxyl groups is 1. The van der Waals surface area contributed by atoms with E-state index in [0.29, 0.717) is 13.0 Å². The molecular weight excluding hydrogens is 214 g/mol. The third-order valence-electron chi connectivity index (χ3n) is 3.68. The molecule has 0 aromatic carbocycles. The minimum absolute atomic E-state index is 0.260. The SMILES string of the molecule is CCOC(O)CC1NCCC2=C(C)CCC=C21. The van der Waals surface area contributed by atoms with E-state index in [-0.39, 0.29) is 6.04 Å². The number of allylic oxidation sites excluding steroid dienone is 2. The van der Waals surface area contributed by atoms with Crippen molar-refractivity contribution >= 4 is 0 Å². The Kier molecular flexibility index (Phi) is 4.37. The number of piperidine rings is 1. The molecule has 0 saturated carbocycles. The number of ether oxygens (including phenoxy) is 1. The summed E-state index contributed by atoms with van der Waals surface area (Å²) in [6.07, 6.45) is 5.78. The Morgan fingerprint density at radius 3 is 3.12 bits per heavy atom. The number of nitrogens with one attached hydrogen (secondary N) is 1. The van der Waals surface area contributed by atoms with Crippen molar-refractivity contribution in [3.05, 3.63) is 22.8 Å². The highest BCUT2D eigenvalue weighted by Gasteiger charge is 2.27. The van der Waals surface area contributed by atoms with Crippen LogP contribution in [-0.2, 0) is 4.74 Å². The molecule has 2 rings (SSSR count). The standard InChI is InChI=1S/C14H23NO2/c1-3-17-14(16)9-13-12-6-4-5-10(2)11(12)7-8-15-13/h6,13-16H,3-5,7-9H2,1-2H3. The largest absolute Gasteiger partial charge is 0.368 e. The Morgan fingerprint density at radius 2 is 2.35 bits per heavy atom. The van der Waals surface area contributed by atoms with E-state index in [0.717, 1.165) is 19.4 Å². The zero-order valence-electron chi connectivity index (χ0n) is 10.8. The Morgan fingerprint density at radius 1 is 1.53 bits per heavy atom. The van der Waals surface area contributed by atoms with Crippen LogP contribution in [0, 0.1) is 0 Å². The van der Waals surface area contributed by atoms with Crippen molar-refractivity contribution in [3.8, 4) is 0 Å². The van der Waals surface area contributed by atoms with Gasteiger partial charge in [0.2, 0.25) is 0 Å². The van der Waals surface area contributed by atoms with Gasteiger partial charge in [-0.25, -0.2) is 0 Å². The first kappa shape index (κ1) is 12.8. The molecule has 1 saturated heterocycles. The van der Waals surface area contributed by atoms with Crippen LogP contribution in [0.5, 0.6) is 0 Å². The minimum Gasteiger partial charge on any atom is -0.368 e. The maximum atomic E-state index is 9.75. The van der Waals surface area contributed by atoms with Gasteiger partial charge in [-0.15, -0.1) is 0 Å². The van der Waals surface area contributed by atoms with Gasteiger partial charge in [0.15, 0.2) is 6.29 Å². The lowest BCUT2D eigenvalue weighted by Crippen LogP contribution is -2.41. The van der Waals surface area contributed by atoms with Crippen LogP contribution in [0.2, 0.25) is 0 Å². The molecule has 0 spiro atoms. The van der Waals surface area contributed by atoms with Gasteiger partial charge in [0.1, 0.15) is 0 Å². The second-order valence-electron chi connectivity index (χ2n) is 4.86. The summed E-state index contributed by atoms with van der Waals surface area (Å²) in [6.45, 7) is 5.72. The third-order valence-corrected chi connectivity index (χ3v) is 3.68. The van der Waals surface area contributed by atoms with Crippen molar-refractivity contribution < 1.29 is 9.84 Å². The van der Waals surface area contributed by atoms with Crippen molar-refractivity contribution in [1.82, 2.24) is 5.32 Å². The van der Waals surface area contributed by atoms with Gasteiger partial charge in [-0.3, -0.25) is 0 Å². The van der Waals surface area contributed by atoms with E-state index in [2.05, 4.69) is 18.3 Å². The van der Waals surface area contributed by atoms with E-state index < -0.39 is 6.29 Å². The smallest absolute Gasteiger partial charge is 0.156 e. The monoisotopic (exact) mass is 237 g/mol. The van der Waals surface area contributed by atoms with Crippen LogP contribution in [-0.4, -0.2) is 30.6 Å². The molecule has 3 heteroatoms. The third kappa shape index (κ3) is 2.97. The molecule has 17 heavy (non-hydrogen) atoms. The number of rotatable bonds is 4. The summed E-state index contributed by atoms with van der Waals surface area (Å²) in [5.41, 5.74) is 4.45. The molecule has 0 aromatic rings. The number of hydrogen-bond donors (Lipinski definition) is 2. The van der Waals surface area contributed by atoms with Crippen LogP contribution in [0.1, 0.15) is 39.5 Å². The van der Waals surface area contributed by atoms with Gasteiger partial charge in [0.25, 0.3) is 0 Å².